The van der Waals surface area contributed by atoms with Crippen LogP contribution in [0.3, 0.4) is 0 Å². The van der Waals surface area contributed by atoms with Crippen LogP contribution in [0.2, 0.25) is 0 Å². The molecule has 158 valence electrons. The zero-order valence-corrected chi connectivity index (χ0v) is 17.7. The second-order valence-electron chi connectivity index (χ2n) is 7.16. The van der Waals surface area contributed by atoms with Crippen LogP contribution in [0.1, 0.15) is 22.3 Å². The monoisotopic (exact) mass is 422 g/mol. The van der Waals surface area contributed by atoms with Gasteiger partial charge in [-0.1, -0.05) is 59.8 Å². The van der Waals surface area contributed by atoms with Crippen molar-refractivity contribution < 1.29 is 14.3 Å². The molecule has 0 bridgehead atoms. The van der Waals surface area contributed by atoms with Gasteiger partial charge in [0, 0.05) is 11.1 Å². The average Bonchev–Trinajstić information content (AvgIpc) is 2.85. The molecule has 32 heavy (non-hydrogen) atoms. The highest BCUT2D eigenvalue weighted by atomic mass is 16.6. The number of rotatable bonds is 8. The topological polar surface area (TPSA) is 63.8 Å². The van der Waals surface area contributed by atoms with E-state index < -0.39 is 0 Å². The molecule has 5 heteroatoms. The Balaban J connectivity index is 1.38. The van der Waals surface area contributed by atoms with E-state index in [4.69, 9.17) is 19.6 Å². The molecule has 0 amide bonds. The molecule has 4 rings (SSSR count). The molecule has 0 aliphatic rings. The molecule has 0 aliphatic heterocycles. The molecule has 0 unspecified atom stereocenters. The number of oxime groups is 1. The maximum absolute atomic E-state index is 9.13. The first-order valence-electron chi connectivity index (χ1n) is 10.2. The number of nitriles is 1. The summed E-state index contributed by atoms with van der Waals surface area (Å²) in [7, 11) is 1.61. The lowest BCUT2D eigenvalue weighted by atomic mass is 10.1. The Morgan fingerprint density at radius 3 is 2.50 bits per heavy atom. The Morgan fingerprint density at radius 2 is 1.66 bits per heavy atom. The Labute approximate surface area is 187 Å². The zero-order chi connectivity index (χ0) is 22.2. The number of hydrogen-bond acceptors (Lipinski definition) is 5. The van der Waals surface area contributed by atoms with Crippen LogP contribution in [0.5, 0.6) is 11.5 Å². The molecular weight excluding hydrogens is 400 g/mol. The third-order valence-corrected chi connectivity index (χ3v) is 5.03. The molecular formula is C27H22N2O3. The minimum absolute atomic E-state index is 0.227. The second-order valence-corrected chi connectivity index (χ2v) is 7.16. The van der Waals surface area contributed by atoms with E-state index in [0.717, 1.165) is 16.7 Å². The highest BCUT2D eigenvalue weighted by molar-refractivity contribution is 5.83. The van der Waals surface area contributed by atoms with Gasteiger partial charge >= 0.3 is 0 Å². The quantitative estimate of drug-likeness (QED) is 0.264. The molecule has 0 saturated heterocycles. The normalized spacial score (nSPS) is 10.8. The number of methoxy groups -OCH3 is 1. The summed E-state index contributed by atoms with van der Waals surface area (Å²) in [6.45, 7) is 0.667. The van der Waals surface area contributed by atoms with E-state index >= 15 is 0 Å². The summed E-state index contributed by atoms with van der Waals surface area (Å²) in [5, 5.41) is 15.5. The molecule has 0 spiro atoms. The zero-order valence-electron chi connectivity index (χ0n) is 17.7. The van der Waals surface area contributed by atoms with Crippen LogP contribution in [0.4, 0.5) is 0 Å². The number of hydrogen-bond donors (Lipinski definition) is 0. The van der Waals surface area contributed by atoms with Gasteiger partial charge in [-0.15, -0.1) is 0 Å². The first-order valence-corrected chi connectivity index (χ1v) is 10.2. The van der Waals surface area contributed by atoms with Gasteiger partial charge in [0.25, 0.3) is 0 Å². The van der Waals surface area contributed by atoms with Gasteiger partial charge in [-0.2, -0.15) is 5.26 Å². The van der Waals surface area contributed by atoms with Crippen molar-refractivity contribution in [3.63, 3.8) is 0 Å². The third-order valence-electron chi connectivity index (χ3n) is 5.03. The summed E-state index contributed by atoms with van der Waals surface area (Å²) in [5.41, 5.74) is 3.27. The van der Waals surface area contributed by atoms with Gasteiger partial charge in [0.05, 0.1) is 25.0 Å². The van der Waals surface area contributed by atoms with Crippen molar-refractivity contribution in [1.82, 2.24) is 0 Å². The maximum atomic E-state index is 9.13. The van der Waals surface area contributed by atoms with Gasteiger partial charge in [0.1, 0.15) is 13.2 Å². The largest absolute Gasteiger partial charge is 0.493 e. The fourth-order valence-corrected chi connectivity index (χ4v) is 3.33. The summed E-state index contributed by atoms with van der Waals surface area (Å²) < 4.78 is 11.5. The highest BCUT2D eigenvalue weighted by Gasteiger charge is 2.07. The van der Waals surface area contributed by atoms with Gasteiger partial charge < -0.3 is 14.3 Å². The lowest BCUT2D eigenvalue weighted by Crippen LogP contribution is -1.98. The smallest absolute Gasteiger partial charge is 0.161 e. The minimum Gasteiger partial charge on any atom is -0.493 e. The summed E-state index contributed by atoms with van der Waals surface area (Å²) in [6, 6.07) is 29.5. The van der Waals surface area contributed by atoms with Gasteiger partial charge in [-0.25, -0.2) is 0 Å². The Morgan fingerprint density at radius 1 is 0.844 bits per heavy atom. The van der Waals surface area contributed by atoms with E-state index in [1.54, 1.807) is 19.4 Å². The van der Waals surface area contributed by atoms with Crippen LogP contribution in [-0.2, 0) is 18.1 Å². The van der Waals surface area contributed by atoms with Crippen LogP contribution in [-0.4, -0.2) is 13.3 Å². The first kappa shape index (κ1) is 21.0. The standard InChI is InChI=1S/C27H22N2O3/c1-30-27-15-20(17-29-32-19-25-9-5-4-8-24(25)16-28)11-13-26(27)31-18-21-10-12-22-6-2-3-7-23(22)14-21/h2-15,17H,18-19H2,1H3/b29-17-. The number of nitrogens with zero attached hydrogens (tertiary/aromatic N) is 2. The molecule has 0 atom stereocenters. The summed E-state index contributed by atoms with van der Waals surface area (Å²) >= 11 is 0. The lowest BCUT2D eigenvalue weighted by Gasteiger charge is -2.12. The van der Waals surface area contributed by atoms with Gasteiger partial charge in [0.15, 0.2) is 11.5 Å². The van der Waals surface area contributed by atoms with Gasteiger partial charge in [-0.3, -0.25) is 0 Å². The predicted molar refractivity (Wildman–Crippen MR) is 125 cm³/mol. The number of fused-ring (bicyclic) bond motifs is 1. The molecule has 4 aromatic carbocycles. The number of ether oxygens (including phenoxy) is 2. The maximum Gasteiger partial charge on any atom is 0.161 e. The fraction of sp³-hybridized carbons (Fsp3) is 0.111. The van der Waals surface area contributed by atoms with Crippen LogP contribution < -0.4 is 9.47 Å². The van der Waals surface area contributed by atoms with E-state index in [-0.39, 0.29) is 6.61 Å². The van der Waals surface area contributed by atoms with E-state index in [1.807, 2.05) is 48.5 Å². The van der Waals surface area contributed by atoms with Crippen LogP contribution in [0.15, 0.2) is 90.1 Å². The molecule has 0 saturated carbocycles. The summed E-state index contributed by atoms with van der Waals surface area (Å²) in [5.74, 6) is 1.27. The second kappa shape index (κ2) is 10.1. The molecule has 0 aliphatic carbocycles. The Kier molecular flexibility index (Phi) is 6.64. The average molecular weight is 422 g/mol. The molecule has 0 heterocycles. The first-order chi connectivity index (χ1) is 15.8. The van der Waals surface area contributed by atoms with Crippen molar-refractivity contribution in [2.45, 2.75) is 13.2 Å². The SMILES string of the molecule is COc1cc(/C=N\OCc2ccccc2C#N)ccc1OCc1ccc2ccccc2c1. The van der Waals surface area contributed by atoms with E-state index in [2.05, 4.69) is 41.6 Å². The van der Waals surface area contributed by atoms with Crippen molar-refractivity contribution in [1.29, 1.82) is 5.26 Å². The van der Waals surface area contributed by atoms with Crippen molar-refractivity contribution >= 4 is 17.0 Å². The van der Waals surface area contributed by atoms with E-state index in [0.29, 0.717) is 23.7 Å². The van der Waals surface area contributed by atoms with Crippen LogP contribution in [0.25, 0.3) is 10.8 Å². The van der Waals surface area contributed by atoms with Crippen molar-refractivity contribution in [3.8, 4) is 17.6 Å². The molecule has 0 aromatic heterocycles. The van der Waals surface area contributed by atoms with Gasteiger partial charge in [0.2, 0.25) is 0 Å². The van der Waals surface area contributed by atoms with E-state index in [1.165, 1.54) is 10.8 Å². The fourth-order valence-electron chi connectivity index (χ4n) is 3.33. The molecule has 0 fully saturated rings. The van der Waals surface area contributed by atoms with Crippen LogP contribution >= 0.6 is 0 Å². The Bertz CT molecular complexity index is 1290. The summed E-state index contributed by atoms with van der Waals surface area (Å²) in [6.07, 6.45) is 1.60. The van der Waals surface area contributed by atoms with Crippen LogP contribution in [0, 0.1) is 11.3 Å². The highest BCUT2D eigenvalue weighted by Crippen LogP contribution is 2.29. The molecule has 4 aromatic rings. The minimum atomic E-state index is 0.227. The predicted octanol–water partition coefficient (Wildman–Crippen LogP) is 5.85. The van der Waals surface area contributed by atoms with Crippen molar-refractivity contribution in [2.75, 3.05) is 7.11 Å². The van der Waals surface area contributed by atoms with Gasteiger partial charge in [-0.05, 0) is 46.7 Å². The van der Waals surface area contributed by atoms with Crippen molar-refractivity contribution in [3.05, 3.63) is 107 Å². The Hall–Kier alpha value is -4.30. The summed E-state index contributed by atoms with van der Waals surface area (Å²) in [4.78, 5) is 5.36. The molecule has 0 radical (unpaired) electrons. The number of benzene rings is 4. The lowest BCUT2D eigenvalue weighted by molar-refractivity contribution is 0.132. The van der Waals surface area contributed by atoms with Crippen molar-refractivity contribution in [2.24, 2.45) is 5.16 Å². The third kappa shape index (κ3) is 5.05. The molecule has 0 N–H and O–H groups in total. The molecule has 5 nitrogen and oxygen atoms in total. The van der Waals surface area contributed by atoms with E-state index in [9.17, 15) is 0 Å².